The molecule has 1 aromatic heterocycles. The first-order chi connectivity index (χ1) is 12.5. The van der Waals surface area contributed by atoms with Gasteiger partial charge in [0.05, 0.1) is 0 Å². The number of carbonyl (C=O) groups is 2. The van der Waals surface area contributed by atoms with Crippen LogP contribution in [0, 0.1) is 13.8 Å². The molecule has 1 heterocycles. The van der Waals surface area contributed by atoms with Gasteiger partial charge >= 0.3 is 0 Å². The summed E-state index contributed by atoms with van der Waals surface area (Å²) in [5.74, 6) is -0.502. The second-order valence-corrected chi connectivity index (χ2v) is 6.83. The number of aromatic nitrogens is 1. The highest BCUT2D eigenvalue weighted by molar-refractivity contribution is 7.13. The number of amides is 2. The number of aryl methyl sites for hydroxylation is 2. The van der Waals surface area contributed by atoms with Gasteiger partial charge in [-0.15, -0.1) is 11.3 Å². The Hall–Kier alpha value is -2.99. The molecule has 3 aromatic rings. The van der Waals surface area contributed by atoms with Crippen LogP contribution in [-0.4, -0.2) is 23.8 Å². The monoisotopic (exact) mass is 365 g/mol. The molecule has 2 amide bonds. The number of benzene rings is 2. The lowest BCUT2D eigenvalue weighted by Gasteiger charge is -2.06. The summed E-state index contributed by atoms with van der Waals surface area (Å²) in [5, 5.41) is 7.91. The van der Waals surface area contributed by atoms with E-state index < -0.39 is 0 Å². The van der Waals surface area contributed by atoms with Crippen molar-refractivity contribution in [2.75, 3.05) is 12.4 Å². The maximum atomic E-state index is 12.5. The van der Waals surface area contributed by atoms with E-state index in [9.17, 15) is 9.59 Å². The topological polar surface area (TPSA) is 71.1 Å². The fraction of sp³-hybridized carbons (Fsp3) is 0.150. The van der Waals surface area contributed by atoms with Gasteiger partial charge in [0.25, 0.3) is 11.8 Å². The predicted octanol–water partition coefficient (Wildman–Crippen LogP) is 4.04. The van der Waals surface area contributed by atoms with Crippen molar-refractivity contribution in [2.45, 2.75) is 13.8 Å². The molecule has 0 saturated heterocycles. The van der Waals surface area contributed by atoms with Gasteiger partial charge < -0.3 is 10.6 Å². The SMILES string of the molecule is CNC(=O)c1cccc(NC(=O)c2csc(-c3ccc(C)cc3C)n2)c1. The lowest BCUT2D eigenvalue weighted by molar-refractivity contribution is 0.0961. The molecule has 26 heavy (non-hydrogen) atoms. The summed E-state index contributed by atoms with van der Waals surface area (Å²) >= 11 is 1.44. The summed E-state index contributed by atoms with van der Waals surface area (Å²) in [7, 11) is 1.57. The van der Waals surface area contributed by atoms with Crippen molar-refractivity contribution in [3.05, 3.63) is 70.2 Å². The molecule has 0 radical (unpaired) electrons. The van der Waals surface area contributed by atoms with Crippen LogP contribution in [-0.2, 0) is 0 Å². The zero-order chi connectivity index (χ0) is 18.7. The summed E-state index contributed by atoms with van der Waals surface area (Å²) in [6.45, 7) is 4.08. The van der Waals surface area contributed by atoms with E-state index in [-0.39, 0.29) is 11.8 Å². The van der Waals surface area contributed by atoms with Crippen LogP contribution in [0.3, 0.4) is 0 Å². The number of hydrogen-bond acceptors (Lipinski definition) is 4. The number of rotatable bonds is 4. The van der Waals surface area contributed by atoms with Gasteiger partial charge in [-0.3, -0.25) is 9.59 Å². The molecular formula is C20H19N3O2S. The number of anilines is 1. The number of carbonyl (C=O) groups excluding carboxylic acids is 2. The van der Waals surface area contributed by atoms with Crippen molar-refractivity contribution in [1.29, 1.82) is 0 Å². The van der Waals surface area contributed by atoms with Gasteiger partial charge in [-0.05, 0) is 37.6 Å². The van der Waals surface area contributed by atoms with Crippen LogP contribution in [0.25, 0.3) is 10.6 Å². The minimum atomic E-state index is -0.300. The second kappa shape index (κ2) is 7.49. The molecule has 5 nitrogen and oxygen atoms in total. The molecule has 2 aromatic carbocycles. The van der Waals surface area contributed by atoms with Gasteiger partial charge in [0.1, 0.15) is 10.7 Å². The molecule has 132 valence electrons. The quantitative estimate of drug-likeness (QED) is 0.733. The van der Waals surface area contributed by atoms with Crippen molar-refractivity contribution >= 4 is 28.8 Å². The summed E-state index contributed by atoms with van der Waals surface area (Å²) in [5.41, 5.74) is 4.75. The molecule has 0 atom stereocenters. The van der Waals surface area contributed by atoms with E-state index in [1.54, 1.807) is 36.7 Å². The smallest absolute Gasteiger partial charge is 0.275 e. The lowest BCUT2D eigenvalue weighted by Crippen LogP contribution is -2.18. The maximum Gasteiger partial charge on any atom is 0.275 e. The third-order valence-electron chi connectivity index (χ3n) is 3.96. The van der Waals surface area contributed by atoms with Gasteiger partial charge in [-0.2, -0.15) is 0 Å². The average Bonchev–Trinajstić information content (AvgIpc) is 3.11. The Morgan fingerprint density at radius 2 is 1.85 bits per heavy atom. The highest BCUT2D eigenvalue weighted by Crippen LogP contribution is 2.27. The zero-order valence-corrected chi connectivity index (χ0v) is 15.6. The molecule has 3 rings (SSSR count). The first-order valence-electron chi connectivity index (χ1n) is 8.14. The summed E-state index contributed by atoms with van der Waals surface area (Å²) in [6, 6.07) is 12.9. The number of hydrogen-bond donors (Lipinski definition) is 2. The zero-order valence-electron chi connectivity index (χ0n) is 14.8. The minimum absolute atomic E-state index is 0.202. The predicted molar refractivity (Wildman–Crippen MR) is 105 cm³/mol. The largest absolute Gasteiger partial charge is 0.355 e. The standard InChI is InChI=1S/C20H19N3O2S/c1-12-7-8-16(13(2)9-12)20-23-17(11-26-20)19(25)22-15-6-4-5-14(10-15)18(24)21-3/h4-11H,1-3H3,(H,21,24)(H,22,25). The van der Waals surface area contributed by atoms with Crippen LogP contribution in [0.4, 0.5) is 5.69 Å². The van der Waals surface area contributed by atoms with Crippen molar-refractivity contribution in [3.63, 3.8) is 0 Å². The Kier molecular flexibility index (Phi) is 5.14. The highest BCUT2D eigenvalue weighted by atomic mass is 32.1. The molecule has 0 aliphatic rings. The molecule has 0 aliphatic heterocycles. The van der Waals surface area contributed by atoms with Gasteiger partial charge in [-0.1, -0.05) is 29.8 Å². The number of thiazole rings is 1. The normalized spacial score (nSPS) is 10.4. The molecule has 0 spiro atoms. The fourth-order valence-electron chi connectivity index (χ4n) is 2.63. The Morgan fingerprint density at radius 3 is 2.58 bits per heavy atom. The van der Waals surface area contributed by atoms with E-state index in [1.807, 2.05) is 26.0 Å². The van der Waals surface area contributed by atoms with E-state index in [0.717, 1.165) is 16.1 Å². The minimum Gasteiger partial charge on any atom is -0.355 e. The Morgan fingerprint density at radius 1 is 1.04 bits per heavy atom. The maximum absolute atomic E-state index is 12.5. The van der Waals surface area contributed by atoms with Crippen LogP contribution >= 0.6 is 11.3 Å². The molecule has 0 unspecified atom stereocenters. The van der Waals surface area contributed by atoms with Gasteiger partial charge in [-0.25, -0.2) is 4.98 Å². The summed E-state index contributed by atoms with van der Waals surface area (Å²) in [6.07, 6.45) is 0. The van der Waals surface area contributed by atoms with Crippen LogP contribution in [0.15, 0.2) is 47.8 Å². The van der Waals surface area contributed by atoms with E-state index >= 15 is 0 Å². The molecule has 2 N–H and O–H groups in total. The van der Waals surface area contributed by atoms with Crippen molar-refractivity contribution in [1.82, 2.24) is 10.3 Å². The van der Waals surface area contributed by atoms with E-state index in [4.69, 9.17) is 0 Å². The molecular weight excluding hydrogens is 346 g/mol. The van der Waals surface area contributed by atoms with Gasteiger partial charge in [0.2, 0.25) is 0 Å². The number of nitrogens with zero attached hydrogens (tertiary/aromatic N) is 1. The molecule has 6 heteroatoms. The van der Waals surface area contributed by atoms with Crippen molar-refractivity contribution in [2.24, 2.45) is 0 Å². The van der Waals surface area contributed by atoms with Crippen LogP contribution in [0.1, 0.15) is 32.0 Å². The Labute approximate surface area is 156 Å². The second-order valence-electron chi connectivity index (χ2n) is 5.97. The van der Waals surface area contributed by atoms with Crippen molar-refractivity contribution < 1.29 is 9.59 Å². The third-order valence-corrected chi connectivity index (χ3v) is 4.83. The first kappa shape index (κ1) is 17.8. The number of nitrogens with one attached hydrogen (secondary N) is 2. The molecule has 0 fully saturated rings. The van der Waals surface area contributed by atoms with Gasteiger partial charge in [0, 0.05) is 29.2 Å². The van der Waals surface area contributed by atoms with E-state index in [1.165, 1.54) is 16.9 Å². The fourth-order valence-corrected chi connectivity index (χ4v) is 3.52. The van der Waals surface area contributed by atoms with Crippen LogP contribution in [0.2, 0.25) is 0 Å². The lowest BCUT2D eigenvalue weighted by atomic mass is 10.1. The van der Waals surface area contributed by atoms with Crippen LogP contribution in [0.5, 0.6) is 0 Å². The average molecular weight is 365 g/mol. The Bertz CT molecular complexity index is 979. The van der Waals surface area contributed by atoms with E-state index in [0.29, 0.717) is 16.9 Å². The van der Waals surface area contributed by atoms with Crippen molar-refractivity contribution in [3.8, 4) is 10.6 Å². The van der Waals surface area contributed by atoms with Crippen LogP contribution < -0.4 is 10.6 Å². The summed E-state index contributed by atoms with van der Waals surface area (Å²) < 4.78 is 0. The first-order valence-corrected chi connectivity index (χ1v) is 9.02. The molecule has 0 bridgehead atoms. The molecule has 0 saturated carbocycles. The van der Waals surface area contributed by atoms with E-state index in [2.05, 4.69) is 21.7 Å². The molecule has 0 aliphatic carbocycles. The Balaban J connectivity index is 1.79. The highest BCUT2D eigenvalue weighted by Gasteiger charge is 2.14. The third kappa shape index (κ3) is 3.81. The van der Waals surface area contributed by atoms with Gasteiger partial charge in [0.15, 0.2) is 0 Å². The summed E-state index contributed by atoms with van der Waals surface area (Å²) in [4.78, 5) is 28.7.